The SMILES string of the molecule is Cc1ccc(-c2ccoc2C(=O)NC2CCN(CCC3(CC(=O)Nc4ccccc4C(=O)O)CCCCC3)CC2)cc1. The summed E-state index contributed by atoms with van der Waals surface area (Å²) in [4.78, 5) is 40.2. The molecule has 8 nitrogen and oxygen atoms in total. The third kappa shape index (κ3) is 7.29. The Hall–Kier alpha value is -3.91. The van der Waals surface area contributed by atoms with E-state index in [-0.39, 0.29) is 28.8 Å². The molecule has 0 bridgehead atoms. The fourth-order valence-electron chi connectivity index (χ4n) is 6.52. The van der Waals surface area contributed by atoms with Crippen LogP contribution in [0.25, 0.3) is 11.1 Å². The highest BCUT2D eigenvalue weighted by Gasteiger charge is 2.35. The van der Waals surface area contributed by atoms with Crippen molar-refractivity contribution in [2.45, 2.75) is 70.8 Å². The number of para-hydroxylation sites is 1. The van der Waals surface area contributed by atoms with Crippen LogP contribution < -0.4 is 10.6 Å². The van der Waals surface area contributed by atoms with Gasteiger partial charge in [-0.15, -0.1) is 0 Å². The summed E-state index contributed by atoms with van der Waals surface area (Å²) in [5.74, 6) is -0.987. The molecule has 0 unspecified atom stereocenters. The zero-order chi connectivity index (χ0) is 29.5. The van der Waals surface area contributed by atoms with Gasteiger partial charge in [-0.25, -0.2) is 4.79 Å². The summed E-state index contributed by atoms with van der Waals surface area (Å²) in [7, 11) is 0. The van der Waals surface area contributed by atoms with Crippen LogP contribution in [0, 0.1) is 12.3 Å². The molecule has 0 radical (unpaired) electrons. The van der Waals surface area contributed by atoms with E-state index in [0.717, 1.165) is 75.7 Å². The summed E-state index contributed by atoms with van der Waals surface area (Å²) in [5.41, 5.74) is 3.32. The summed E-state index contributed by atoms with van der Waals surface area (Å²) in [6.45, 7) is 4.73. The number of likely N-dealkylation sites (tertiary alicyclic amines) is 1. The number of hydrogen-bond acceptors (Lipinski definition) is 5. The highest BCUT2D eigenvalue weighted by atomic mass is 16.4. The first-order valence-corrected chi connectivity index (χ1v) is 15.1. The molecule has 1 saturated heterocycles. The number of carbonyl (C=O) groups is 3. The molecule has 1 aliphatic heterocycles. The van der Waals surface area contributed by atoms with Gasteiger partial charge in [-0.2, -0.15) is 0 Å². The second-order valence-electron chi connectivity index (χ2n) is 12.0. The Morgan fingerprint density at radius 3 is 2.40 bits per heavy atom. The number of piperidine rings is 1. The summed E-state index contributed by atoms with van der Waals surface area (Å²) < 4.78 is 5.59. The molecule has 8 heteroatoms. The van der Waals surface area contributed by atoms with Crippen LogP contribution >= 0.6 is 0 Å². The molecule has 1 aromatic heterocycles. The van der Waals surface area contributed by atoms with Gasteiger partial charge in [0.1, 0.15) is 0 Å². The van der Waals surface area contributed by atoms with Gasteiger partial charge in [0.25, 0.3) is 5.91 Å². The van der Waals surface area contributed by atoms with Crippen molar-refractivity contribution in [3.05, 3.63) is 77.7 Å². The van der Waals surface area contributed by atoms with Crippen molar-refractivity contribution in [2.24, 2.45) is 5.41 Å². The van der Waals surface area contributed by atoms with Crippen molar-refractivity contribution in [1.82, 2.24) is 10.2 Å². The molecule has 2 aliphatic rings. The normalized spacial score (nSPS) is 17.5. The van der Waals surface area contributed by atoms with E-state index in [2.05, 4.69) is 15.5 Å². The molecular weight excluding hydrogens is 530 g/mol. The Labute approximate surface area is 247 Å². The van der Waals surface area contributed by atoms with Crippen LogP contribution in [-0.4, -0.2) is 53.5 Å². The van der Waals surface area contributed by atoms with Gasteiger partial charge in [0.2, 0.25) is 5.91 Å². The summed E-state index contributed by atoms with van der Waals surface area (Å²) in [5, 5.41) is 15.5. The number of benzene rings is 2. The third-order valence-corrected chi connectivity index (χ3v) is 9.00. The minimum absolute atomic E-state index is 0.0722. The summed E-state index contributed by atoms with van der Waals surface area (Å²) in [6, 6.07) is 16.6. The van der Waals surface area contributed by atoms with Crippen LogP contribution in [0.3, 0.4) is 0 Å². The first-order chi connectivity index (χ1) is 20.3. The van der Waals surface area contributed by atoms with E-state index in [0.29, 0.717) is 17.9 Å². The molecule has 3 aromatic rings. The molecule has 2 amide bonds. The lowest BCUT2D eigenvalue weighted by Crippen LogP contribution is -2.45. The number of carbonyl (C=O) groups excluding carboxylic acids is 2. The Morgan fingerprint density at radius 1 is 0.976 bits per heavy atom. The minimum Gasteiger partial charge on any atom is -0.478 e. The van der Waals surface area contributed by atoms with Crippen molar-refractivity contribution in [2.75, 3.05) is 25.0 Å². The number of hydrogen-bond donors (Lipinski definition) is 3. The fourth-order valence-corrected chi connectivity index (χ4v) is 6.52. The number of carboxylic acids is 1. The van der Waals surface area contributed by atoms with E-state index in [9.17, 15) is 19.5 Å². The summed E-state index contributed by atoms with van der Waals surface area (Å²) in [6.07, 6.45) is 10.1. The van der Waals surface area contributed by atoms with E-state index in [4.69, 9.17) is 4.42 Å². The molecule has 0 atom stereocenters. The van der Waals surface area contributed by atoms with Crippen LogP contribution in [-0.2, 0) is 4.79 Å². The van der Waals surface area contributed by atoms with Crippen molar-refractivity contribution in [3.63, 3.8) is 0 Å². The maximum absolute atomic E-state index is 13.1. The van der Waals surface area contributed by atoms with E-state index >= 15 is 0 Å². The number of nitrogens with one attached hydrogen (secondary N) is 2. The number of carboxylic acid groups (broad SMARTS) is 1. The van der Waals surface area contributed by atoms with Crippen LogP contribution in [0.2, 0.25) is 0 Å². The van der Waals surface area contributed by atoms with Crippen molar-refractivity contribution >= 4 is 23.5 Å². The van der Waals surface area contributed by atoms with Crippen molar-refractivity contribution < 1.29 is 23.9 Å². The molecule has 2 fully saturated rings. The van der Waals surface area contributed by atoms with E-state index in [1.165, 1.54) is 18.1 Å². The maximum Gasteiger partial charge on any atom is 0.337 e. The standard InChI is InChI=1S/C34H41N3O5/c1-24-9-11-25(12-10-24)27-15-22-42-31(27)32(39)35-26-13-19-37(20-14-26)21-18-34(16-5-2-6-17-34)23-30(38)36-29-8-4-3-7-28(29)33(40)41/h3-4,7-12,15,22,26H,2,5-6,13-14,16-21,23H2,1H3,(H,35,39)(H,36,38)(H,40,41). The van der Waals surface area contributed by atoms with Crippen LogP contribution in [0.4, 0.5) is 5.69 Å². The van der Waals surface area contributed by atoms with E-state index in [1.807, 2.05) is 37.3 Å². The number of aromatic carboxylic acids is 1. The fraction of sp³-hybridized carbons (Fsp3) is 0.441. The molecule has 1 saturated carbocycles. The summed E-state index contributed by atoms with van der Waals surface area (Å²) >= 11 is 0. The van der Waals surface area contributed by atoms with E-state index in [1.54, 1.807) is 24.5 Å². The Bertz CT molecular complexity index is 1380. The largest absolute Gasteiger partial charge is 0.478 e. The van der Waals surface area contributed by atoms with Crippen LogP contribution in [0.15, 0.2) is 65.3 Å². The molecule has 3 N–H and O–H groups in total. The quantitative estimate of drug-likeness (QED) is 0.256. The number of rotatable bonds is 10. The second kappa shape index (κ2) is 13.4. The zero-order valence-corrected chi connectivity index (χ0v) is 24.4. The van der Waals surface area contributed by atoms with Crippen molar-refractivity contribution in [3.8, 4) is 11.1 Å². The number of anilines is 1. The average molecular weight is 572 g/mol. The van der Waals surface area contributed by atoms with E-state index < -0.39 is 5.97 Å². The first kappa shape index (κ1) is 29.6. The molecule has 42 heavy (non-hydrogen) atoms. The molecule has 1 aliphatic carbocycles. The molecule has 222 valence electrons. The van der Waals surface area contributed by atoms with Gasteiger partial charge in [-0.05, 0) is 74.8 Å². The highest BCUT2D eigenvalue weighted by molar-refractivity contribution is 6.00. The lowest BCUT2D eigenvalue weighted by atomic mass is 9.69. The van der Waals surface area contributed by atoms with Gasteiger partial charge >= 0.3 is 5.97 Å². The smallest absolute Gasteiger partial charge is 0.337 e. The minimum atomic E-state index is -1.05. The number of amides is 2. The predicted octanol–water partition coefficient (Wildman–Crippen LogP) is 6.52. The van der Waals surface area contributed by atoms with Gasteiger partial charge in [0, 0.05) is 31.1 Å². The predicted molar refractivity (Wildman–Crippen MR) is 163 cm³/mol. The highest BCUT2D eigenvalue weighted by Crippen LogP contribution is 2.43. The first-order valence-electron chi connectivity index (χ1n) is 15.1. The lowest BCUT2D eigenvalue weighted by molar-refractivity contribution is -0.119. The van der Waals surface area contributed by atoms with Gasteiger partial charge in [-0.1, -0.05) is 61.2 Å². The third-order valence-electron chi connectivity index (χ3n) is 9.00. The van der Waals surface area contributed by atoms with Gasteiger partial charge in [0.15, 0.2) is 5.76 Å². The molecule has 0 spiro atoms. The van der Waals surface area contributed by atoms with Gasteiger partial charge in [0.05, 0.1) is 17.5 Å². The topological polar surface area (TPSA) is 112 Å². The molecule has 2 heterocycles. The molecular formula is C34H41N3O5. The Balaban J connectivity index is 1.12. The number of nitrogens with zero attached hydrogens (tertiary/aromatic N) is 1. The molecule has 5 rings (SSSR count). The van der Waals surface area contributed by atoms with Crippen LogP contribution in [0.1, 0.15) is 84.3 Å². The maximum atomic E-state index is 13.1. The number of furan rings is 1. The van der Waals surface area contributed by atoms with Gasteiger partial charge in [-0.3, -0.25) is 9.59 Å². The number of aryl methyl sites for hydroxylation is 1. The van der Waals surface area contributed by atoms with Gasteiger partial charge < -0.3 is 25.1 Å². The lowest BCUT2D eigenvalue weighted by Gasteiger charge is -2.40. The molecule has 2 aromatic carbocycles. The average Bonchev–Trinajstić information content (AvgIpc) is 3.48. The van der Waals surface area contributed by atoms with Crippen LogP contribution in [0.5, 0.6) is 0 Å². The zero-order valence-electron chi connectivity index (χ0n) is 24.4. The second-order valence-corrected chi connectivity index (χ2v) is 12.0. The van der Waals surface area contributed by atoms with Crippen molar-refractivity contribution in [1.29, 1.82) is 0 Å². The monoisotopic (exact) mass is 571 g/mol. The Kier molecular flexibility index (Phi) is 9.42. The Morgan fingerprint density at radius 2 is 1.69 bits per heavy atom.